The van der Waals surface area contributed by atoms with E-state index in [1.807, 2.05) is 64.1 Å². The lowest BCUT2D eigenvalue weighted by Crippen LogP contribution is -2.60. The number of pyridine rings is 2. The maximum atomic E-state index is 14.8. The smallest absolute Gasteiger partial charge is 0.408 e. The van der Waals surface area contributed by atoms with Crippen LogP contribution in [0.25, 0.3) is 22.0 Å². The lowest BCUT2D eigenvalue weighted by atomic mass is 9.85. The van der Waals surface area contributed by atoms with Crippen molar-refractivity contribution in [2.75, 3.05) is 6.54 Å². The molecule has 4 amide bonds. The maximum Gasteiger partial charge on any atom is 0.408 e. The number of carbonyl (C=O) groups is 4. The van der Waals surface area contributed by atoms with Gasteiger partial charge in [-0.25, -0.2) is 18.2 Å². The molecule has 2 bridgehead atoms. The van der Waals surface area contributed by atoms with Crippen LogP contribution in [0.15, 0.2) is 61.4 Å². The Labute approximate surface area is 352 Å². The Hall–Kier alpha value is -5.05. The summed E-state index contributed by atoms with van der Waals surface area (Å²) in [5, 5.41) is 6.60. The largest absolute Gasteiger partial charge is 0.472 e. The minimum absolute atomic E-state index is 0.0246. The van der Waals surface area contributed by atoms with Crippen molar-refractivity contribution in [3.63, 3.8) is 0 Å². The molecule has 3 fully saturated rings. The van der Waals surface area contributed by atoms with Crippen molar-refractivity contribution < 1.29 is 37.1 Å². The highest BCUT2D eigenvalue weighted by Crippen LogP contribution is 2.43. The second kappa shape index (κ2) is 17.1. The lowest BCUT2D eigenvalue weighted by Gasteiger charge is -2.35. The van der Waals surface area contributed by atoms with Gasteiger partial charge in [-0.05, 0) is 92.5 Å². The van der Waals surface area contributed by atoms with Gasteiger partial charge in [-0.2, -0.15) is 0 Å². The molecule has 1 unspecified atom stereocenters. The fraction of sp³-hybridized carbons (Fsp3) is 0.556. The van der Waals surface area contributed by atoms with Crippen LogP contribution in [0.4, 0.5) is 4.79 Å². The van der Waals surface area contributed by atoms with Crippen LogP contribution >= 0.6 is 0 Å². The minimum atomic E-state index is -4.03. The van der Waals surface area contributed by atoms with E-state index < -0.39 is 74.1 Å². The Bertz CT molecular complexity index is 2240. The van der Waals surface area contributed by atoms with Crippen molar-refractivity contribution in [3.05, 3.63) is 67.0 Å². The van der Waals surface area contributed by atoms with E-state index in [1.165, 1.54) is 11.0 Å². The molecule has 3 aromatic rings. The fourth-order valence-corrected chi connectivity index (χ4v) is 9.79. The number of aromatic nitrogens is 2. The number of ether oxygens (including phenoxy) is 2. The molecule has 0 radical (unpaired) electrons. The van der Waals surface area contributed by atoms with Crippen LogP contribution in [0.3, 0.4) is 0 Å². The second-order valence-corrected chi connectivity index (χ2v) is 20.4. The third-order valence-electron chi connectivity index (χ3n) is 12.7. The summed E-state index contributed by atoms with van der Waals surface area (Å²) in [4.78, 5) is 67.4. The first-order valence-electron chi connectivity index (χ1n) is 21.3. The molecular formula is C45H58N6O8S. The highest BCUT2D eigenvalue weighted by atomic mass is 32.2. The van der Waals surface area contributed by atoms with Crippen molar-refractivity contribution >= 4 is 44.7 Å². The Morgan fingerprint density at radius 3 is 2.48 bits per heavy atom. The summed E-state index contributed by atoms with van der Waals surface area (Å²) in [5.74, 6) is -2.05. The number of nitrogens with one attached hydrogen (secondary N) is 3. The van der Waals surface area contributed by atoms with Crippen LogP contribution < -0.4 is 20.1 Å². The van der Waals surface area contributed by atoms with E-state index in [0.29, 0.717) is 31.6 Å². The molecule has 2 aliphatic heterocycles. The van der Waals surface area contributed by atoms with E-state index >= 15 is 0 Å². The average Bonchev–Trinajstić information content (AvgIpc) is 4.11. The maximum absolute atomic E-state index is 14.8. The topological polar surface area (TPSA) is 186 Å². The third-order valence-corrected chi connectivity index (χ3v) is 14.8. The Morgan fingerprint density at radius 2 is 1.80 bits per heavy atom. The molecule has 2 aliphatic carbocycles. The Morgan fingerprint density at radius 1 is 1.07 bits per heavy atom. The number of hydrogen-bond acceptors (Lipinski definition) is 10. The van der Waals surface area contributed by atoms with Gasteiger partial charge in [-0.3, -0.25) is 24.1 Å². The number of benzene rings is 1. The lowest BCUT2D eigenvalue weighted by molar-refractivity contribution is -0.142. The average molecular weight is 843 g/mol. The summed E-state index contributed by atoms with van der Waals surface area (Å²) in [6.45, 7) is 12.7. The molecule has 4 heterocycles. The van der Waals surface area contributed by atoms with Gasteiger partial charge in [0.05, 0.1) is 16.8 Å². The fourth-order valence-electron chi connectivity index (χ4n) is 8.52. The normalized spacial score (nSPS) is 25.4. The van der Waals surface area contributed by atoms with Crippen molar-refractivity contribution in [1.82, 2.24) is 30.2 Å². The molecule has 7 rings (SSSR count). The van der Waals surface area contributed by atoms with Gasteiger partial charge >= 0.3 is 6.09 Å². The molecule has 15 heteroatoms. The molecule has 1 aromatic carbocycles. The number of hydrogen-bond donors (Lipinski definition) is 3. The number of nitrogens with zero attached hydrogens (tertiary/aromatic N) is 3. The predicted octanol–water partition coefficient (Wildman–Crippen LogP) is 5.99. The van der Waals surface area contributed by atoms with E-state index in [9.17, 15) is 27.6 Å². The van der Waals surface area contributed by atoms with E-state index in [4.69, 9.17) is 14.5 Å². The number of fused-ring (bicyclic) bond motifs is 5. The molecule has 0 spiro atoms. The number of sulfonamides is 1. The van der Waals surface area contributed by atoms with Crippen LogP contribution in [0, 0.1) is 17.3 Å². The summed E-state index contributed by atoms with van der Waals surface area (Å²) < 4.78 is 40.2. The summed E-state index contributed by atoms with van der Waals surface area (Å²) >= 11 is 0. The number of alkyl carbamates (subject to hydrolysis) is 1. The zero-order valence-electron chi connectivity index (χ0n) is 35.2. The third kappa shape index (κ3) is 9.15. The molecule has 1 saturated heterocycles. The van der Waals surface area contributed by atoms with Gasteiger partial charge < -0.3 is 25.0 Å². The monoisotopic (exact) mass is 842 g/mol. The molecule has 2 saturated carbocycles. The molecule has 7 atom stereocenters. The van der Waals surface area contributed by atoms with Gasteiger partial charge in [-0.15, -0.1) is 6.58 Å². The van der Waals surface area contributed by atoms with E-state index in [2.05, 4.69) is 26.9 Å². The first-order valence-corrected chi connectivity index (χ1v) is 22.8. The van der Waals surface area contributed by atoms with E-state index in [0.717, 1.165) is 59.7 Å². The quantitative estimate of drug-likeness (QED) is 0.216. The molecule has 322 valence electrons. The molecular weight excluding hydrogens is 785 g/mol. The summed E-state index contributed by atoms with van der Waals surface area (Å²) in [7, 11) is -4.03. The van der Waals surface area contributed by atoms with Crippen LogP contribution in [0.1, 0.15) is 98.0 Å². The van der Waals surface area contributed by atoms with Gasteiger partial charge in [0, 0.05) is 35.7 Å². The highest BCUT2D eigenvalue weighted by molar-refractivity contribution is 7.91. The number of para-hydroxylation sites is 1. The van der Waals surface area contributed by atoms with Crippen LogP contribution in [0.5, 0.6) is 5.88 Å². The minimum Gasteiger partial charge on any atom is -0.472 e. The van der Waals surface area contributed by atoms with Gasteiger partial charge in [0.15, 0.2) is 0 Å². The first-order chi connectivity index (χ1) is 28.5. The van der Waals surface area contributed by atoms with Crippen LogP contribution in [-0.4, -0.2) is 88.7 Å². The van der Waals surface area contributed by atoms with Crippen molar-refractivity contribution in [2.24, 2.45) is 17.3 Å². The molecule has 60 heavy (non-hydrogen) atoms. The summed E-state index contributed by atoms with van der Waals surface area (Å²) in [5.41, 5.74) is 2.77. The van der Waals surface area contributed by atoms with Gasteiger partial charge in [0.25, 0.3) is 5.91 Å². The van der Waals surface area contributed by atoms with Gasteiger partial charge in [0.1, 0.15) is 30.3 Å². The number of rotatable bonds is 9. The van der Waals surface area contributed by atoms with Crippen molar-refractivity contribution in [3.8, 4) is 17.0 Å². The van der Waals surface area contributed by atoms with Crippen LogP contribution in [-0.2, 0) is 35.6 Å². The van der Waals surface area contributed by atoms with E-state index in [-0.39, 0.29) is 25.0 Å². The van der Waals surface area contributed by atoms with Crippen molar-refractivity contribution in [1.29, 1.82) is 0 Å². The molecule has 2 aromatic heterocycles. The number of carbonyl (C=O) groups excluding carboxylic acids is 4. The van der Waals surface area contributed by atoms with Crippen LogP contribution in [0.2, 0.25) is 0 Å². The van der Waals surface area contributed by atoms with Crippen molar-refractivity contribution in [2.45, 2.75) is 134 Å². The standard InChI is InChI=1S/C45H58N6O8S/c1-7-27(8-2)37(40(53)50-60(56,57)45(6)20-21-45)48-39(52)34-25-30-26-51(34)42(54)38(44(3,4)5)49-43(55)59-35-24-29(35)14-10-9-11-16-32-36(28-18-22-46-23-19-28)31-15-12-13-17-33(31)47-41(32)58-30/h7,12-13,15,17-19,22-23,27,29-30,34-35,37-38H,1,8-11,14,16,20-21,24-26H2,2-6H3,(H,48,52)(H,49,55)(H,50,53)/t27-,29-,30-,34+,35-,37?,38-/m1/s1. The second-order valence-electron chi connectivity index (χ2n) is 18.2. The predicted molar refractivity (Wildman–Crippen MR) is 227 cm³/mol. The summed E-state index contributed by atoms with van der Waals surface area (Å²) in [6, 6.07) is 8.24. The zero-order chi connectivity index (χ0) is 43.0. The number of amides is 4. The zero-order valence-corrected chi connectivity index (χ0v) is 36.1. The van der Waals surface area contributed by atoms with Gasteiger partial charge in [-0.1, -0.05) is 64.8 Å². The summed E-state index contributed by atoms with van der Waals surface area (Å²) in [6.07, 6.45) is 9.67. The molecule has 3 N–H and O–H groups in total. The molecule has 14 nitrogen and oxygen atoms in total. The van der Waals surface area contributed by atoms with E-state index in [1.54, 1.807) is 19.3 Å². The Kier molecular flexibility index (Phi) is 12.3. The highest BCUT2D eigenvalue weighted by Gasteiger charge is 2.52. The SMILES string of the molecule is C=C[C@H](CC)C(NC(=O)[C@@H]1C[C@@H]2CN1C(=O)[C@H](C(C)(C)C)NC(=O)O[C@@H]1C[C@H]1CCCCCc1c(nc3ccccc3c1-c1ccncc1)O2)C(=O)NS(=O)(=O)C1(C)CC1. The first kappa shape index (κ1) is 43.1. The van der Waals surface area contributed by atoms with Gasteiger partial charge in [0.2, 0.25) is 27.7 Å². The molecule has 4 aliphatic rings. The Balaban J connectivity index is 1.28.